The molecule has 0 aliphatic heterocycles. The maximum Gasteiger partial charge on any atom is 0.162 e. The smallest absolute Gasteiger partial charge is 0.162 e. The number of hydrogen-bond acceptors (Lipinski definition) is 4. The molecule has 0 amide bonds. The van der Waals surface area contributed by atoms with Crippen LogP contribution >= 0.6 is 0 Å². The van der Waals surface area contributed by atoms with Crippen molar-refractivity contribution in [1.29, 1.82) is 5.26 Å². The summed E-state index contributed by atoms with van der Waals surface area (Å²) in [5.41, 5.74) is 0.995. The lowest BCUT2D eigenvalue weighted by molar-refractivity contribution is -0.167. The molecular weight excluding hydrogens is 518 g/mol. The topological polar surface area (TPSA) is 71.1 Å². The molecule has 5 heteroatoms. The Labute approximate surface area is 257 Å². The highest BCUT2D eigenvalue weighted by Crippen LogP contribution is 2.68. The summed E-state index contributed by atoms with van der Waals surface area (Å²) in [6.07, 6.45) is 19.3. The lowest BCUT2D eigenvalue weighted by atomic mass is 9.43. The molecule has 9 atom stereocenters. The highest BCUT2D eigenvalue weighted by atomic mass is 16.5. The van der Waals surface area contributed by atoms with Crippen LogP contribution < -0.4 is 0 Å². The molecule has 0 saturated heterocycles. The summed E-state index contributed by atoms with van der Waals surface area (Å²) in [6, 6.07) is 4.01. The number of aliphatic hydroxyl groups is 1. The fraction of sp³-hybridized carbons (Fsp3) is 0.892. The van der Waals surface area contributed by atoms with Gasteiger partial charge in [-0.2, -0.15) is 10.4 Å². The molecule has 1 aromatic rings. The molecule has 42 heavy (non-hydrogen) atoms. The van der Waals surface area contributed by atoms with Crippen LogP contribution in [0.1, 0.15) is 137 Å². The standard InChI is InChI=1S/C37H61N3O2/c1-7-8-9-16-34(3,4)20-22-42-26-37(41)19-18-35(5)28(23-37)10-11-30-32-13-12-31(36(32,6)17-14-33(30)35)27(2)25-40-21-15-29(24-38)39-40/h15,21,27-28,30-33,41H,7-14,16-20,22-23,25-26H2,1-6H3/t27?,28-,30+,31-,32+,33+,35+,36-,37-/m1/s1. The summed E-state index contributed by atoms with van der Waals surface area (Å²) in [4.78, 5) is 0. The van der Waals surface area contributed by atoms with Crippen LogP contribution in [0.15, 0.2) is 12.3 Å². The summed E-state index contributed by atoms with van der Waals surface area (Å²) in [7, 11) is 0. The van der Waals surface area contributed by atoms with Gasteiger partial charge in [-0.3, -0.25) is 4.68 Å². The number of fused-ring (bicyclic) bond motifs is 5. The molecule has 0 aromatic carbocycles. The van der Waals surface area contributed by atoms with Gasteiger partial charge in [-0.1, -0.05) is 60.8 Å². The molecule has 4 aliphatic rings. The van der Waals surface area contributed by atoms with Crippen molar-refractivity contribution in [1.82, 2.24) is 9.78 Å². The van der Waals surface area contributed by atoms with Gasteiger partial charge in [0.15, 0.2) is 5.69 Å². The van der Waals surface area contributed by atoms with Crippen LogP contribution in [0.3, 0.4) is 0 Å². The van der Waals surface area contributed by atoms with Crippen LogP contribution in [0, 0.1) is 63.1 Å². The Morgan fingerprint density at radius 3 is 2.60 bits per heavy atom. The van der Waals surface area contributed by atoms with Crippen molar-refractivity contribution in [3.05, 3.63) is 18.0 Å². The zero-order valence-electron chi connectivity index (χ0n) is 27.8. The van der Waals surface area contributed by atoms with Crippen LogP contribution in [-0.4, -0.2) is 33.7 Å². The van der Waals surface area contributed by atoms with E-state index in [4.69, 9.17) is 4.74 Å². The average Bonchev–Trinajstić information content (AvgIpc) is 3.55. The van der Waals surface area contributed by atoms with Gasteiger partial charge >= 0.3 is 0 Å². The predicted octanol–water partition coefficient (Wildman–Crippen LogP) is 8.79. The molecule has 4 fully saturated rings. The number of hydrogen-bond donors (Lipinski definition) is 1. The van der Waals surface area contributed by atoms with E-state index in [9.17, 15) is 10.4 Å². The van der Waals surface area contributed by atoms with E-state index in [2.05, 4.69) is 52.7 Å². The van der Waals surface area contributed by atoms with E-state index >= 15 is 0 Å². The Kier molecular flexibility index (Phi) is 9.57. The molecule has 1 aromatic heterocycles. The van der Waals surface area contributed by atoms with Crippen LogP contribution in [0.2, 0.25) is 0 Å². The molecule has 5 nitrogen and oxygen atoms in total. The minimum atomic E-state index is -0.641. The first-order chi connectivity index (χ1) is 19.9. The van der Waals surface area contributed by atoms with Crippen molar-refractivity contribution in [2.45, 2.75) is 144 Å². The third-order valence-corrected chi connectivity index (χ3v) is 13.6. The summed E-state index contributed by atoms with van der Waals surface area (Å²) in [5.74, 6) is 4.41. The van der Waals surface area contributed by atoms with Crippen molar-refractivity contribution < 1.29 is 9.84 Å². The molecule has 0 bridgehead atoms. The zero-order valence-corrected chi connectivity index (χ0v) is 27.8. The van der Waals surface area contributed by atoms with Crippen LogP contribution in [0.5, 0.6) is 0 Å². The molecule has 4 aliphatic carbocycles. The molecule has 0 spiro atoms. The van der Waals surface area contributed by atoms with Gasteiger partial charge in [0.1, 0.15) is 6.07 Å². The minimum Gasteiger partial charge on any atom is -0.387 e. The second-order valence-corrected chi connectivity index (χ2v) is 16.7. The Hall–Kier alpha value is -1.38. The van der Waals surface area contributed by atoms with Crippen molar-refractivity contribution >= 4 is 0 Å². The summed E-state index contributed by atoms with van der Waals surface area (Å²) in [6.45, 7) is 16.9. The van der Waals surface area contributed by atoms with E-state index in [0.29, 0.717) is 40.4 Å². The van der Waals surface area contributed by atoms with Crippen molar-refractivity contribution in [3.8, 4) is 6.07 Å². The molecule has 236 valence electrons. The van der Waals surface area contributed by atoms with E-state index in [-0.39, 0.29) is 0 Å². The van der Waals surface area contributed by atoms with Gasteiger partial charge in [-0.15, -0.1) is 0 Å². The van der Waals surface area contributed by atoms with Gasteiger partial charge in [0.05, 0.1) is 12.2 Å². The predicted molar refractivity (Wildman–Crippen MR) is 170 cm³/mol. The second kappa shape index (κ2) is 12.5. The van der Waals surface area contributed by atoms with Crippen molar-refractivity contribution in [2.24, 2.45) is 51.8 Å². The number of aromatic nitrogens is 2. The number of nitriles is 1. The van der Waals surface area contributed by atoms with Gasteiger partial charge in [-0.25, -0.2) is 0 Å². The SMILES string of the molecule is CCCCCC(C)(C)CCOC[C@@]1(O)CC[C@@]2(C)[C@H](CC[C@@H]3[C@@H]2CC[C@]2(C)[C@@H](C(C)Cn4ccc(C#N)n4)CC[C@@H]32)C1. The summed E-state index contributed by atoms with van der Waals surface area (Å²) in [5, 5.41) is 25.4. The molecule has 5 rings (SSSR count). The molecular formula is C37H61N3O2. The molecule has 1 heterocycles. The Morgan fingerprint density at radius 2 is 1.86 bits per heavy atom. The van der Waals surface area contributed by atoms with Crippen LogP contribution in [-0.2, 0) is 11.3 Å². The summed E-state index contributed by atoms with van der Waals surface area (Å²) >= 11 is 0. The van der Waals surface area contributed by atoms with Gasteiger partial charge in [0.2, 0.25) is 0 Å². The van der Waals surface area contributed by atoms with E-state index in [0.717, 1.165) is 62.5 Å². The molecule has 1 unspecified atom stereocenters. The largest absolute Gasteiger partial charge is 0.387 e. The first kappa shape index (κ1) is 32.0. The van der Waals surface area contributed by atoms with Crippen molar-refractivity contribution in [3.63, 3.8) is 0 Å². The first-order valence-electron chi connectivity index (χ1n) is 17.7. The fourth-order valence-corrected chi connectivity index (χ4v) is 11.0. The maximum absolute atomic E-state index is 11.7. The minimum absolute atomic E-state index is 0.327. The van der Waals surface area contributed by atoms with Gasteiger partial charge in [0, 0.05) is 19.3 Å². The Balaban J connectivity index is 1.16. The first-order valence-corrected chi connectivity index (χ1v) is 17.7. The maximum atomic E-state index is 11.7. The third kappa shape index (κ3) is 6.37. The van der Waals surface area contributed by atoms with E-state index in [1.807, 2.05) is 16.9 Å². The normalized spacial score (nSPS) is 38.8. The third-order valence-electron chi connectivity index (χ3n) is 13.6. The second-order valence-electron chi connectivity index (χ2n) is 16.7. The van der Waals surface area contributed by atoms with E-state index < -0.39 is 5.60 Å². The van der Waals surface area contributed by atoms with E-state index in [1.54, 1.807) is 0 Å². The van der Waals surface area contributed by atoms with Crippen LogP contribution in [0.4, 0.5) is 0 Å². The quantitative estimate of drug-likeness (QED) is 0.251. The zero-order chi connectivity index (χ0) is 30.2. The molecule has 1 N–H and O–H groups in total. The monoisotopic (exact) mass is 579 g/mol. The Morgan fingerprint density at radius 1 is 1.07 bits per heavy atom. The van der Waals surface area contributed by atoms with Gasteiger partial charge in [0.25, 0.3) is 0 Å². The van der Waals surface area contributed by atoms with Gasteiger partial charge in [-0.05, 0) is 128 Å². The number of ether oxygens (including phenoxy) is 1. The fourth-order valence-electron chi connectivity index (χ4n) is 11.0. The van der Waals surface area contributed by atoms with Crippen LogP contribution in [0.25, 0.3) is 0 Å². The summed E-state index contributed by atoms with van der Waals surface area (Å²) < 4.78 is 8.22. The lowest BCUT2D eigenvalue weighted by Gasteiger charge is -2.62. The average molecular weight is 580 g/mol. The van der Waals surface area contributed by atoms with Gasteiger partial charge < -0.3 is 9.84 Å². The van der Waals surface area contributed by atoms with Crippen molar-refractivity contribution in [2.75, 3.05) is 13.2 Å². The number of nitrogens with zero attached hydrogens (tertiary/aromatic N) is 3. The number of rotatable bonds is 12. The lowest BCUT2D eigenvalue weighted by Crippen LogP contribution is -2.56. The number of unbranched alkanes of at least 4 members (excludes halogenated alkanes) is 2. The highest BCUT2D eigenvalue weighted by Gasteiger charge is 2.61. The Bertz CT molecular complexity index is 1090. The van der Waals surface area contributed by atoms with E-state index in [1.165, 1.54) is 64.2 Å². The highest BCUT2D eigenvalue weighted by molar-refractivity contribution is 5.17. The molecule has 4 saturated carbocycles. The molecule has 0 radical (unpaired) electrons.